The van der Waals surface area contributed by atoms with E-state index in [1.807, 2.05) is 42.5 Å². The normalized spacial score (nSPS) is 17.3. The van der Waals surface area contributed by atoms with Gasteiger partial charge in [0.05, 0.1) is 5.54 Å². The van der Waals surface area contributed by atoms with Gasteiger partial charge in [0.1, 0.15) is 0 Å². The fraction of sp³-hybridized carbons (Fsp3) is 0.0667. The Kier molecular flexibility index (Phi) is 5.69. The minimum atomic E-state index is -0.435. The van der Waals surface area contributed by atoms with Crippen LogP contribution < -0.4 is 16.0 Å². The minimum absolute atomic E-state index is 0.435. The first-order valence-corrected chi connectivity index (χ1v) is 11.2. The molecular weight excluding hydrogens is 402 g/mol. The number of nitrogens with two attached hydrogens (primary N) is 1. The molecule has 1 aliphatic carbocycles. The van der Waals surface area contributed by atoms with Gasteiger partial charge in [-0.25, -0.2) is 0 Å². The topological polar surface area (TPSA) is 41.3 Å². The molecule has 0 amide bonds. The van der Waals surface area contributed by atoms with Gasteiger partial charge >= 0.3 is 0 Å². The fourth-order valence-electron chi connectivity index (χ4n) is 4.44. The number of anilines is 4. The summed E-state index contributed by atoms with van der Waals surface area (Å²) in [4.78, 5) is 2.28. The lowest BCUT2D eigenvalue weighted by atomic mass is 9.82. The van der Waals surface area contributed by atoms with Gasteiger partial charge in [0, 0.05) is 34.9 Å². The molecule has 0 bridgehead atoms. The van der Waals surface area contributed by atoms with Gasteiger partial charge in [-0.2, -0.15) is 0 Å². The maximum Gasteiger partial charge on any atom is 0.0868 e. The molecule has 3 nitrogen and oxygen atoms in total. The Bertz CT molecular complexity index is 1220. The highest BCUT2D eigenvalue weighted by molar-refractivity contribution is 5.77. The molecule has 3 N–H and O–H groups in total. The molecule has 4 aromatic rings. The lowest BCUT2D eigenvalue weighted by Crippen LogP contribution is -2.36. The van der Waals surface area contributed by atoms with Crippen molar-refractivity contribution < 1.29 is 0 Å². The Labute approximate surface area is 195 Å². The lowest BCUT2D eigenvalue weighted by molar-refractivity contribution is 0.594. The van der Waals surface area contributed by atoms with E-state index in [0.717, 1.165) is 34.0 Å². The average Bonchev–Trinajstić information content (AvgIpc) is 2.86. The molecular formula is C30H27N3. The van der Waals surface area contributed by atoms with Crippen molar-refractivity contribution in [1.29, 1.82) is 0 Å². The summed E-state index contributed by atoms with van der Waals surface area (Å²) in [6, 6.07) is 40.0. The monoisotopic (exact) mass is 429 g/mol. The summed E-state index contributed by atoms with van der Waals surface area (Å²) in [5.41, 5.74) is 12.3. The number of benzene rings is 4. The van der Waals surface area contributed by atoms with E-state index in [9.17, 15) is 0 Å². The Hall–Kier alpha value is -4.24. The molecule has 4 aromatic carbocycles. The van der Waals surface area contributed by atoms with Crippen LogP contribution in [0.2, 0.25) is 0 Å². The Morgan fingerprint density at radius 2 is 1.24 bits per heavy atom. The number of nitrogens with one attached hydrogen (secondary N) is 1. The van der Waals surface area contributed by atoms with Crippen molar-refractivity contribution in [3.8, 4) is 0 Å². The molecule has 1 aliphatic rings. The van der Waals surface area contributed by atoms with E-state index in [1.54, 1.807) is 0 Å². The summed E-state index contributed by atoms with van der Waals surface area (Å²) in [5.74, 6) is 0. The number of para-hydroxylation sites is 3. The van der Waals surface area contributed by atoms with Crippen LogP contribution in [-0.4, -0.2) is 0 Å². The van der Waals surface area contributed by atoms with E-state index in [-0.39, 0.29) is 0 Å². The summed E-state index contributed by atoms with van der Waals surface area (Å²) in [6.45, 7) is 0. The van der Waals surface area contributed by atoms with Crippen molar-refractivity contribution in [2.24, 2.45) is 5.73 Å². The second kappa shape index (κ2) is 9.09. The van der Waals surface area contributed by atoms with Crippen molar-refractivity contribution in [2.45, 2.75) is 12.0 Å². The number of nitrogens with zero attached hydrogens (tertiary/aromatic N) is 1. The zero-order valence-corrected chi connectivity index (χ0v) is 18.4. The van der Waals surface area contributed by atoms with Crippen molar-refractivity contribution in [1.82, 2.24) is 0 Å². The number of hydrogen-bond acceptors (Lipinski definition) is 3. The van der Waals surface area contributed by atoms with Crippen molar-refractivity contribution in [2.75, 3.05) is 10.2 Å². The first-order chi connectivity index (χ1) is 16.2. The Balaban J connectivity index is 1.61. The van der Waals surface area contributed by atoms with E-state index in [0.29, 0.717) is 6.42 Å². The van der Waals surface area contributed by atoms with Crippen molar-refractivity contribution in [3.63, 3.8) is 0 Å². The van der Waals surface area contributed by atoms with Crippen LogP contribution in [0.15, 0.2) is 139 Å². The van der Waals surface area contributed by atoms with Crippen LogP contribution in [0.4, 0.5) is 22.7 Å². The SMILES string of the molecule is NC1=CC=CC(Nc2ccccc2)(c2cccc(N(c3ccccc3)c3ccccc3)c2)C1. The van der Waals surface area contributed by atoms with E-state index in [1.165, 1.54) is 0 Å². The van der Waals surface area contributed by atoms with Gasteiger partial charge in [0.15, 0.2) is 0 Å². The molecule has 0 heterocycles. The number of rotatable bonds is 6. The second-order valence-electron chi connectivity index (χ2n) is 8.30. The molecule has 0 aromatic heterocycles. The highest BCUT2D eigenvalue weighted by Crippen LogP contribution is 2.40. The molecule has 0 spiro atoms. The molecule has 0 aliphatic heterocycles. The van der Waals surface area contributed by atoms with Gasteiger partial charge in [0.2, 0.25) is 0 Å². The molecule has 162 valence electrons. The van der Waals surface area contributed by atoms with Crippen LogP contribution in [0, 0.1) is 0 Å². The smallest absolute Gasteiger partial charge is 0.0868 e. The highest BCUT2D eigenvalue weighted by Gasteiger charge is 2.32. The predicted molar refractivity (Wildman–Crippen MR) is 139 cm³/mol. The van der Waals surface area contributed by atoms with Crippen molar-refractivity contribution >= 4 is 22.7 Å². The molecule has 0 fully saturated rings. The predicted octanol–water partition coefficient (Wildman–Crippen LogP) is 7.27. The summed E-state index contributed by atoms with van der Waals surface area (Å²) in [6.07, 6.45) is 6.94. The average molecular weight is 430 g/mol. The number of allylic oxidation sites excluding steroid dienone is 2. The molecule has 1 unspecified atom stereocenters. The minimum Gasteiger partial charge on any atom is -0.402 e. The maximum atomic E-state index is 6.34. The zero-order valence-electron chi connectivity index (χ0n) is 18.4. The van der Waals surface area contributed by atoms with E-state index >= 15 is 0 Å². The summed E-state index contributed by atoms with van der Waals surface area (Å²) < 4.78 is 0. The van der Waals surface area contributed by atoms with Crippen LogP contribution in [0.3, 0.4) is 0 Å². The molecule has 0 radical (unpaired) electrons. The van der Waals surface area contributed by atoms with Gasteiger partial charge < -0.3 is 16.0 Å². The van der Waals surface area contributed by atoms with Gasteiger partial charge in [0.25, 0.3) is 0 Å². The maximum absolute atomic E-state index is 6.34. The highest BCUT2D eigenvalue weighted by atomic mass is 15.1. The third kappa shape index (κ3) is 4.39. The van der Waals surface area contributed by atoms with Crippen molar-refractivity contribution in [3.05, 3.63) is 145 Å². The van der Waals surface area contributed by atoms with E-state index in [2.05, 4.69) is 101 Å². The first-order valence-electron chi connectivity index (χ1n) is 11.2. The van der Waals surface area contributed by atoms with Gasteiger partial charge in [-0.1, -0.05) is 78.9 Å². The third-order valence-electron chi connectivity index (χ3n) is 5.96. The summed E-state index contributed by atoms with van der Waals surface area (Å²) >= 11 is 0. The molecule has 33 heavy (non-hydrogen) atoms. The standard InChI is InChI=1S/C30H27N3/c31-25-13-11-21-30(23-25,32-26-14-4-1-5-15-26)24-12-10-20-29(22-24)33(27-16-6-2-7-17-27)28-18-8-3-9-19-28/h1-22,32H,23,31H2. The molecule has 5 rings (SSSR count). The quantitative estimate of drug-likeness (QED) is 0.339. The number of hydrogen-bond donors (Lipinski definition) is 2. The zero-order chi connectivity index (χ0) is 22.5. The van der Waals surface area contributed by atoms with E-state index in [4.69, 9.17) is 5.73 Å². The largest absolute Gasteiger partial charge is 0.402 e. The van der Waals surface area contributed by atoms with Crippen LogP contribution in [0.5, 0.6) is 0 Å². The second-order valence-corrected chi connectivity index (χ2v) is 8.30. The molecule has 0 saturated heterocycles. The molecule has 1 atom stereocenters. The lowest BCUT2D eigenvalue weighted by Gasteiger charge is -2.36. The molecule has 3 heteroatoms. The van der Waals surface area contributed by atoms with Crippen LogP contribution in [-0.2, 0) is 5.54 Å². The summed E-state index contributed by atoms with van der Waals surface area (Å²) in [7, 11) is 0. The van der Waals surface area contributed by atoms with Gasteiger partial charge in [-0.3, -0.25) is 0 Å². The third-order valence-corrected chi connectivity index (χ3v) is 5.96. The fourth-order valence-corrected chi connectivity index (χ4v) is 4.44. The van der Waals surface area contributed by atoms with Crippen LogP contribution in [0.1, 0.15) is 12.0 Å². The van der Waals surface area contributed by atoms with E-state index < -0.39 is 5.54 Å². The van der Waals surface area contributed by atoms with Crippen LogP contribution in [0.25, 0.3) is 0 Å². The first kappa shape index (κ1) is 20.7. The van der Waals surface area contributed by atoms with Crippen LogP contribution >= 0.6 is 0 Å². The Morgan fingerprint density at radius 3 is 1.85 bits per heavy atom. The molecule has 0 saturated carbocycles. The van der Waals surface area contributed by atoms with Gasteiger partial charge in [-0.05, 0) is 60.2 Å². The van der Waals surface area contributed by atoms with Gasteiger partial charge in [-0.15, -0.1) is 0 Å². The summed E-state index contributed by atoms with van der Waals surface area (Å²) in [5, 5.41) is 3.76. The Morgan fingerprint density at radius 1 is 0.667 bits per heavy atom.